The Kier molecular flexibility index (Phi) is 9.00. The molecule has 2 aromatic rings. The Morgan fingerprint density at radius 2 is 1.71 bits per heavy atom. The quantitative estimate of drug-likeness (QED) is 0.284. The second-order valence-corrected chi connectivity index (χ2v) is 7.01. The number of halogens is 3. The lowest BCUT2D eigenvalue weighted by Gasteiger charge is -2.13. The lowest BCUT2D eigenvalue weighted by molar-refractivity contribution is -0.137. The van der Waals surface area contributed by atoms with E-state index in [1.54, 1.807) is 25.5 Å². The third-order valence-corrected chi connectivity index (χ3v) is 5.01. The van der Waals surface area contributed by atoms with Crippen molar-refractivity contribution < 1.29 is 23.4 Å². The first-order valence-electron chi connectivity index (χ1n) is 9.90. The topological polar surface area (TPSA) is 71.7 Å². The van der Waals surface area contributed by atoms with E-state index in [-0.39, 0.29) is 46.0 Å². The van der Waals surface area contributed by atoms with Gasteiger partial charge in [-0.1, -0.05) is 23.2 Å². The van der Waals surface area contributed by atoms with E-state index in [2.05, 4.69) is 0 Å². The minimum atomic E-state index is -0.708. The van der Waals surface area contributed by atoms with Gasteiger partial charge in [-0.25, -0.2) is 13.9 Å². The number of esters is 1. The summed E-state index contributed by atoms with van der Waals surface area (Å²) in [6.07, 6.45) is 1.17. The molecule has 10 heteroatoms. The standard InChI is InChI=1S/C21H25Cl2FN2O5/c1-5-25-20(23)19(21(28)26(25)6-2)14-10-17(15(22)11-16(14)24)31-12-13(29-7-3)9-18(27)30-8-4/h9-11H,5-8,12H2,1-4H3/b13-9+. The van der Waals surface area contributed by atoms with Gasteiger partial charge in [0, 0.05) is 18.7 Å². The van der Waals surface area contributed by atoms with Crippen LogP contribution in [0.15, 0.2) is 28.8 Å². The molecule has 31 heavy (non-hydrogen) atoms. The van der Waals surface area contributed by atoms with E-state index in [9.17, 15) is 14.0 Å². The lowest BCUT2D eigenvalue weighted by atomic mass is 10.1. The smallest absolute Gasteiger partial charge is 0.334 e. The molecule has 0 aliphatic heterocycles. The van der Waals surface area contributed by atoms with Gasteiger partial charge in [-0.2, -0.15) is 0 Å². The minimum absolute atomic E-state index is 0.00454. The number of aromatic nitrogens is 2. The summed E-state index contributed by atoms with van der Waals surface area (Å²) in [4.78, 5) is 24.5. The van der Waals surface area contributed by atoms with Gasteiger partial charge in [0.1, 0.15) is 29.1 Å². The SMILES string of the molecule is CCOC(=O)/C=C(\COc1cc(-c2c(Cl)n(CC)n(CC)c2=O)c(F)cc1Cl)OCC. The highest BCUT2D eigenvalue weighted by Crippen LogP contribution is 2.35. The number of hydrogen-bond donors (Lipinski definition) is 0. The zero-order chi connectivity index (χ0) is 23.1. The Balaban J connectivity index is 2.44. The average Bonchev–Trinajstić information content (AvgIpc) is 2.96. The number of hydrogen-bond acceptors (Lipinski definition) is 5. The molecule has 2 rings (SSSR count). The molecule has 170 valence electrons. The summed E-state index contributed by atoms with van der Waals surface area (Å²) in [5, 5.41) is 0.119. The second-order valence-electron chi connectivity index (χ2n) is 6.25. The Bertz CT molecular complexity index is 1030. The van der Waals surface area contributed by atoms with Crippen LogP contribution in [0.2, 0.25) is 10.2 Å². The largest absolute Gasteiger partial charge is 0.494 e. The van der Waals surface area contributed by atoms with Crippen molar-refractivity contribution in [1.82, 2.24) is 9.36 Å². The molecule has 1 aromatic heterocycles. The first-order valence-corrected chi connectivity index (χ1v) is 10.7. The molecule has 0 aliphatic rings. The van der Waals surface area contributed by atoms with E-state index >= 15 is 0 Å². The first-order chi connectivity index (χ1) is 14.8. The van der Waals surface area contributed by atoms with Crippen molar-refractivity contribution in [2.24, 2.45) is 0 Å². The second kappa shape index (κ2) is 11.2. The summed E-state index contributed by atoms with van der Waals surface area (Å²) in [7, 11) is 0. The Hall–Kier alpha value is -2.45. The molecule has 0 radical (unpaired) electrons. The molecule has 7 nitrogen and oxygen atoms in total. The molecule has 0 saturated heterocycles. The molecule has 0 spiro atoms. The van der Waals surface area contributed by atoms with Gasteiger partial charge in [0.15, 0.2) is 0 Å². The normalized spacial score (nSPS) is 11.5. The molecule has 0 amide bonds. The molecule has 0 saturated carbocycles. The number of rotatable bonds is 10. The van der Waals surface area contributed by atoms with E-state index in [4.69, 9.17) is 37.4 Å². The fraction of sp³-hybridized carbons (Fsp3) is 0.429. The molecule has 0 atom stereocenters. The van der Waals surface area contributed by atoms with Crippen molar-refractivity contribution in [2.45, 2.75) is 40.8 Å². The van der Waals surface area contributed by atoms with Gasteiger partial charge < -0.3 is 14.2 Å². The molecule has 1 aromatic carbocycles. The molecular weight excluding hydrogens is 450 g/mol. The number of benzene rings is 1. The van der Waals surface area contributed by atoms with E-state index < -0.39 is 17.3 Å². The molecular formula is C21H25Cl2FN2O5. The van der Waals surface area contributed by atoms with Crippen LogP contribution in [-0.2, 0) is 27.4 Å². The highest BCUT2D eigenvalue weighted by Gasteiger charge is 2.23. The molecule has 0 fully saturated rings. The summed E-state index contributed by atoms with van der Waals surface area (Å²) < 4.78 is 33.7. The van der Waals surface area contributed by atoms with Crippen molar-refractivity contribution in [2.75, 3.05) is 19.8 Å². The first kappa shape index (κ1) is 24.8. The summed E-state index contributed by atoms with van der Waals surface area (Å²) >= 11 is 12.5. The van der Waals surface area contributed by atoms with Crippen molar-refractivity contribution in [3.05, 3.63) is 50.3 Å². The minimum Gasteiger partial charge on any atom is -0.494 e. The van der Waals surface area contributed by atoms with E-state index in [0.717, 1.165) is 6.07 Å². The Labute approximate surface area is 189 Å². The van der Waals surface area contributed by atoms with Gasteiger partial charge in [-0.05, 0) is 39.8 Å². The highest BCUT2D eigenvalue weighted by molar-refractivity contribution is 6.33. The monoisotopic (exact) mass is 474 g/mol. The predicted octanol–water partition coefficient (Wildman–Crippen LogP) is 4.66. The zero-order valence-corrected chi connectivity index (χ0v) is 19.3. The van der Waals surface area contributed by atoms with Crippen LogP contribution in [0.1, 0.15) is 27.7 Å². The zero-order valence-electron chi connectivity index (χ0n) is 17.8. The van der Waals surface area contributed by atoms with Crippen molar-refractivity contribution in [1.29, 1.82) is 0 Å². The van der Waals surface area contributed by atoms with Gasteiger partial charge in [0.2, 0.25) is 0 Å². The summed E-state index contributed by atoms with van der Waals surface area (Å²) in [5.74, 6) is -0.963. The van der Waals surface area contributed by atoms with Gasteiger partial charge in [0.05, 0.1) is 29.9 Å². The van der Waals surface area contributed by atoms with Gasteiger partial charge >= 0.3 is 5.97 Å². The van der Waals surface area contributed by atoms with Gasteiger partial charge in [-0.15, -0.1) is 0 Å². The van der Waals surface area contributed by atoms with Crippen LogP contribution >= 0.6 is 23.2 Å². The number of carbonyl (C=O) groups excluding carboxylic acids is 1. The van der Waals surface area contributed by atoms with Crippen LogP contribution in [0.5, 0.6) is 5.75 Å². The maximum atomic E-state index is 14.7. The fourth-order valence-electron chi connectivity index (χ4n) is 3.02. The molecule has 1 heterocycles. The fourth-order valence-corrected chi connectivity index (χ4v) is 3.62. The summed E-state index contributed by atoms with van der Waals surface area (Å²) in [5.41, 5.74) is -0.425. The number of nitrogens with zero attached hydrogens (tertiary/aromatic N) is 2. The van der Waals surface area contributed by atoms with E-state index in [1.807, 2.05) is 6.92 Å². The average molecular weight is 475 g/mol. The van der Waals surface area contributed by atoms with Crippen molar-refractivity contribution in [3.63, 3.8) is 0 Å². The maximum absolute atomic E-state index is 14.7. The number of carbonyl (C=O) groups is 1. The summed E-state index contributed by atoms with van der Waals surface area (Å²) in [6, 6.07) is 2.37. The van der Waals surface area contributed by atoms with Crippen LogP contribution in [0.4, 0.5) is 4.39 Å². The highest BCUT2D eigenvalue weighted by atomic mass is 35.5. The van der Waals surface area contributed by atoms with E-state index in [1.165, 1.54) is 16.8 Å². The maximum Gasteiger partial charge on any atom is 0.334 e. The third-order valence-electron chi connectivity index (χ3n) is 4.33. The van der Waals surface area contributed by atoms with Crippen molar-refractivity contribution in [3.8, 4) is 16.9 Å². The molecule has 0 bridgehead atoms. The molecule has 0 aliphatic carbocycles. The Morgan fingerprint density at radius 1 is 1.06 bits per heavy atom. The van der Waals surface area contributed by atoms with Crippen LogP contribution in [0.25, 0.3) is 11.1 Å². The lowest BCUT2D eigenvalue weighted by Crippen LogP contribution is -2.22. The van der Waals surface area contributed by atoms with Crippen LogP contribution in [0, 0.1) is 5.82 Å². The summed E-state index contributed by atoms with van der Waals surface area (Å²) in [6.45, 7) is 8.25. The Morgan fingerprint density at radius 3 is 2.26 bits per heavy atom. The number of ether oxygens (including phenoxy) is 3. The third kappa shape index (κ3) is 5.62. The van der Waals surface area contributed by atoms with Crippen molar-refractivity contribution >= 4 is 29.2 Å². The van der Waals surface area contributed by atoms with E-state index in [0.29, 0.717) is 19.7 Å². The molecule has 0 unspecified atom stereocenters. The van der Waals surface area contributed by atoms with Crippen LogP contribution in [-0.4, -0.2) is 35.2 Å². The van der Waals surface area contributed by atoms with Gasteiger partial charge in [-0.3, -0.25) is 9.48 Å². The van der Waals surface area contributed by atoms with Gasteiger partial charge in [0.25, 0.3) is 5.56 Å². The van der Waals surface area contributed by atoms with Crippen LogP contribution < -0.4 is 10.3 Å². The predicted molar refractivity (Wildman–Crippen MR) is 117 cm³/mol. The van der Waals surface area contributed by atoms with Crippen LogP contribution in [0.3, 0.4) is 0 Å². The molecule has 0 N–H and O–H groups in total.